The Morgan fingerprint density at radius 3 is 2.68 bits per heavy atom. The van der Waals surface area contributed by atoms with Crippen LogP contribution in [0.3, 0.4) is 0 Å². The predicted octanol–water partition coefficient (Wildman–Crippen LogP) is 1.53. The van der Waals surface area contributed by atoms with Crippen molar-refractivity contribution in [2.75, 3.05) is 32.6 Å². The van der Waals surface area contributed by atoms with Gasteiger partial charge in [0.1, 0.15) is 10.7 Å². The number of benzene rings is 1. The zero-order valence-electron chi connectivity index (χ0n) is 11.3. The van der Waals surface area contributed by atoms with Crippen LogP contribution in [0.2, 0.25) is 0 Å². The molecule has 1 aromatic rings. The molecule has 0 unspecified atom stereocenters. The number of sulfonamides is 1. The van der Waals surface area contributed by atoms with Crippen molar-refractivity contribution in [3.8, 4) is 0 Å². The van der Waals surface area contributed by atoms with Crippen molar-refractivity contribution in [3.05, 3.63) is 29.6 Å². The number of thioether (sulfide) groups is 1. The van der Waals surface area contributed by atoms with Gasteiger partial charge in [0.15, 0.2) is 0 Å². The van der Waals surface area contributed by atoms with Gasteiger partial charge in [-0.15, -0.1) is 0 Å². The Balaban J connectivity index is 3.09. The molecule has 19 heavy (non-hydrogen) atoms. The number of rotatable bonds is 7. The molecule has 0 aliphatic carbocycles. The van der Waals surface area contributed by atoms with Crippen LogP contribution in [0, 0.1) is 5.82 Å². The van der Waals surface area contributed by atoms with Crippen LogP contribution in [0.5, 0.6) is 0 Å². The Morgan fingerprint density at radius 1 is 1.42 bits per heavy atom. The number of nitrogens with zero attached hydrogens (tertiary/aromatic N) is 1. The first-order chi connectivity index (χ1) is 8.93. The smallest absolute Gasteiger partial charge is 0.245 e. The minimum atomic E-state index is -3.77. The average Bonchev–Trinajstić information content (AvgIpc) is 2.38. The van der Waals surface area contributed by atoms with Gasteiger partial charge in [0.05, 0.1) is 0 Å². The second-order valence-corrected chi connectivity index (χ2v) is 7.11. The van der Waals surface area contributed by atoms with Crippen LogP contribution in [0.25, 0.3) is 0 Å². The molecular formula is C12H19FN2O2S2. The SMILES string of the molecule is CNCc1ccc(F)c(S(=O)(=O)N(C)CCSC)c1. The predicted molar refractivity (Wildman–Crippen MR) is 77.4 cm³/mol. The van der Waals surface area contributed by atoms with E-state index in [2.05, 4.69) is 5.32 Å². The van der Waals surface area contributed by atoms with Crippen molar-refractivity contribution in [1.82, 2.24) is 9.62 Å². The molecule has 0 amide bonds. The van der Waals surface area contributed by atoms with E-state index in [1.54, 1.807) is 24.9 Å². The molecule has 0 atom stereocenters. The molecule has 0 aliphatic heterocycles. The van der Waals surface area contributed by atoms with Gasteiger partial charge in [-0.05, 0) is 31.0 Å². The fourth-order valence-corrected chi connectivity index (χ4v) is 3.42. The lowest BCUT2D eigenvalue weighted by Gasteiger charge is -2.17. The number of halogens is 1. The molecule has 0 bridgehead atoms. The van der Waals surface area contributed by atoms with E-state index in [1.165, 1.54) is 23.5 Å². The standard InChI is InChI=1S/C12H19FN2O2S2/c1-14-9-10-4-5-11(13)12(8-10)19(16,17)15(2)6-7-18-3/h4-5,8,14H,6-7,9H2,1-3H3. The van der Waals surface area contributed by atoms with Crippen molar-refractivity contribution >= 4 is 21.8 Å². The van der Waals surface area contributed by atoms with Crippen molar-refractivity contribution < 1.29 is 12.8 Å². The number of hydrogen-bond donors (Lipinski definition) is 1. The maximum Gasteiger partial charge on any atom is 0.245 e. The molecule has 7 heteroatoms. The van der Waals surface area contributed by atoms with Crippen LogP contribution < -0.4 is 5.32 Å². The summed E-state index contributed by atoms with van der Waals surface area (Å²) in [4.78, 5) is -0.260. The Labute approximate surface area is 118 Å². The second-order valence-electron chi connectivity index (χ2n) is 4.11. The monoisotopic (exact) mass is 306 g/mol. The zero-order valence-corrected chi connectivity index (χ0v) is 12.9. The molecule has 0 saturated heterocycles. The maximum absolute atomic E-state index is 13.8. The summed E-state index contributed by atoms with van der Waals surface area (Å²) in [6.45, 7) is 0.858. The first-order valence-corrected chi connectivity index (χ1v) is 8.65. The van der Waals surface area contributed by atoms with Gasteiger partial charge in [0.25, 0.3) is 0 Å². The molecule has 108 valence electrons. The molecule has 0 aliphatic rings. The van der Waals surface area contributed by atoms with Gasteiger partial charge < -0.3 is 5.32 Å². The highest BCUT2D eigenvalue weighted by Crippen LogP contribution is 2.20. The average molecular weight is 306 g/mol. The third kappa shape index (κ3) is 4.17. The maximum atomic E-state index is 13.8. The normalized spacial score (nSPS) is 12.1. The first kappa shape index (κ1) is 16.4. The Morgan fingerprint density at radius 2 is 2.11 bits per heavy atom. The third-order valence-electron chi connectivity index (χ3n) is 2.68. The number of hydrogen-bond acceptors (Lipinski definition) is 4. The highest BCUT2D eigenvalue weighted by Gasteiger charge is 2.24. The van der Waals surface area contributed by atoms with Gasteiger partial charge in [-0.2, -0.15) is 11.8 Å². The summed E-state index contributed by atoms with van der Waals surface area (Å²) in [6, 6.07) is 4.16. The van der Waals surface area contributed by atoms with Gasteiger partial charge in [-0.3, -0.25) is 0 Å². The molecule has 0 fully saturated rings. The van der Waals surface area contributed by atoms with Gasteiger partial charge in [-0.25, -0.2) is 17.1 Å². The molecular weight excluding hydrogens is 287 g/mol. The van der Waals surface area contributed by atoms with Gasteiger partial charge in [-0.1, -0.05) is 6.07 Å². The molecule has 1 N–H and O–H groups in total. The first-order valence-electron chi connectivity index (χ1n) is 5.81. The third-order valence-corrected chi connectivity index (χ3v) is 5.14. The van der Waals surface area contributed by atoms with E-state index >= 15 is 0 Å². The van der Waals surface area contributed by atoms with Gasteiger partial charge in [0, 0.05) is 25.9 Å². The van der Waals surface area contributed by atoms with E-state index < -0.39 is 15.8 Å². The fourth-order valence-electron chi connectivity index (χ4n) is 1.57. The Bertz CT molecular complexity index is 520. The largest absolute Gasteiger partial charge is 0.316 e. The van der Waals surface area contributed by atoms with Crippen LogP contribution in [0.15, 0.2) is 23.1 Å². The van der Waals surface area contributed by atoms with Crippen molar-refractivity contribution in [2.24, 2.45) is 0 Å². The summed E-state index contributed by atoms with van der Waals surface area (Å²) >= 11 is 1.55. The highest BCUT2D eigenvalue weighted by molar-refractivity contribution is 7.98. The summed E-state index contributed by atoms with van der Waals surface area (Å²) in [5.41, 5.74) is 0.737. The zero-order chi connectivity index (χ0) is 14.5. The fraction of sp³-hybridized carbons (Fsp3) is 0.500. The van der Waals surface area contributed by atoms with Crippen LogP contribution in [-0.2, 0) is 16.6 Å². The lowest BCUT2D eigenvalue weighted by Crippen LogP contribution is -2.30. The second kappa shape index (κ2) is 7.23. The van der Waals surface area contributed by atoms with E-state index in [4.69, 9.17) is 0 Å². The van der Waals surface area contributed by atoms with Crippen molar-refractivity contribution in [1.29, 1.82) is 0 Å². The quantitative estimate of drug-likeness (QED) is 0.830. The van der Waals surface area contributed by atoms with Gasteiger partial charge in [0.2, 0.25) is 10.0 Å². The van der Waals surface area contributed by atoms with E-state index in [0.717, 1.165) is 5.56 Å². The van der Waals surface area contributed by atoms with E-state index in [1.807, 2.05) is 6.26 Å². The lowest BCUT2D eigenvalue weighted by molar-refractivity contribution is 0.479. The Kier molecular flexibility index (Phi) is 6.25. The van der Waals surface area contributed by atoms with Crippen LogP contribution in [-0.4, -0.2) is 45.4 Å². The van der Waals surface area contributed by atoms with Gasteiger partial charge >= 0.3 is 0 Å². The van der Waals surface area contributed by atoms with Crippen LogP contribution in [0.4, 0.5) is 4.39 Å². The summed E-state index contributed by atoms with van der Waals surface area (Å²) < 4.78 is 39.5. The van der Waals surface area contributed by atoms with Crippen LogP contribution >= 0.6 is 11.8 Å². The van der Waals surface area contributed by atoms with Crippen molar-refractivity contribution in [3.63, 3.8) is 0 Å². The topological polar surface area (TPSA) is 49.4 Å². The summed E-state index contributed by atoms with van der Waals surface area (Å²) in [7, 11) is -0.545. The summed E-state index contributed by atoms with van der Waals surface area (Å²) in [6.07, 6.45) is 1.90. The molecule has 0 saturated carbocycles. The summed E-state index contributed by atoms with van der Waals surface area (Å²) in [5.74, 6) is -0.0380. The minimum absolute atomic E-state index is 0.260. The minimum Gasteiger partial charge on any atom is -0.316 e. The van der Waals surface area contributed by atoms with E-state index in [0.29, 0.717) is 18.8 Å². The molecule has 0 spiro atoms. The molecule has 0 radical (unpaired) electrons. The molecule has 0 aromatic heterocycles. The van der Waals surface area contributed by atoms with E-state index in [9.17, 15) is 12.8 Å². The van der Waals surface area contributed by atoms with E-state index in [-0.39, 0.29) is 4.90 Å². The summed E-state index contributed by atoms with van der Waals surface area (Å²) in [5, 5.41) is 2.91. The lowest BCUT2D eigenvalue weighted by atomic mass is 10.2. The Hall–Kier alpha value is -0.630. The number of nitrogens with one attached hydrogen (secondary N) is 1. The van der Waals surface area contributed by atoms with Crippen molar-refractivity contribution in [2.45, 2.75) is 11.4 Å². The molecule has 4 nitrogen and oxygen atoms in total. The highest BCUT2D eigenvalue weighted by atomic mass is 32.2. The molecule has 1 aromatic carbocycles. The molecule has 0 heterocycles. The van der Waals surface area contributed by atoms with Crippen LogP contribution in [0.1, 0.15) is 5.56 Å². The molecule has 1 rings (SSSR count).